The number of nitriles is 1. The number of aromatic nitrogens is 3. The monoisotopic (exact) mass is 617 g/mol. The third-order valence-corrected chi connectivity index (χ3v) is 8.68. The van der Waals surface area contributed by atoms with Gasteiger partial charge in [-0.15, -0.1) is 0 Å². The largest absolute Gasteiger partial charge is 0.455 e. The van der Waals surface area contributed by atoms with Crippen LogP contribution in [-0.2, 0) is 30.5 Å². The number of H-pyrrole nitrogens is 1. The molecule has 234 valence electrons. The van der Waals surface area contributed by atoms with Crippen molar-refractivity contribution in [2.75, 3.05) is 39.8 Å². The summed E-state index contributed by atoms with van der Waals surface area (Å²) in [6, 6.07) is 11.6. The number of benzene rings is 1. The summed E-state index contributed by atoms with van der Waals surface area (Å²) in [6.45, 7) is 6.03. The molecule has 6 rings (SSSR count). The summed E-state index contributed by atoms with van der Waals surface area (Å²) >= 11 is 0. The normalized spacial score (nSPS) is 17.7. The average molecular weight is 618 g/mol. The number of aromatic amines is 1. The summed E-state index contributed by atoms with van der Waals surface area (Å²) in [6.07, 6.45) is -0.675. The van der Waals surface area contributed by atoms with E-state index in [1.54, 1.807) is 35.5 Å². The van der Waals surface area contributed by atoms with Gasteiger partial charge < -0.3 is 19.5 Å². The fourth-order valence-corrected chi connectivity index (χ4v) is 6.13. The molecule has 0 radical (unpaired) electrons. The number of halogens is 3. The van der Waals surface area contributed by atoms with Crippen LogP contribution in [0.5, 0.6) is 11.5 Å². The molecule has 0 bridgehead atoms. The summed E-state index contributed by atoms with van der Waals surface area (Å²) in [4.78, 5) is 31.3. The Hall–Kier alpha value is -4.47. The van der Waals surface area contributed by atoms with E-state index in [0.717, 1.165) is 36.8 Å². The van der Waals surface area contributed by atoms with Crippen LogP contribution in [0.15, 0.2) is 48.8 Å². The number of carbonyl (C=O) groups is 1. The van der Waals surface area contributed by atoms with Crippen LogP contribution in [0.2, 0.25) is 0 Å². The number of nitrogens with one attached hydrogen (secondary N) is 1. The Bertz CT molecular complexity index is 1760. The van der Waals surface area contributed by atoms with Crippen molar-refractivity contribution in [3.8, 4) is 17.6 Å². The number of hydrogen-bond donors (Lipinski definition) is 1. The van der Waals surface area contributed by atoms with Gasteiger partial charge in [-0.2, -0.15) is 18.4 Å². The Morgan fingerprint density at radius 1 is 1.13 bits per heavy atom. The van der Waals surface area contributed by atoms with Crippen LogP contribution < -0.4 is 4.74 Å². The topological polar surface area (TPSA) is 101 Å². The molecule has 1 N–H and O–H groups in total. The molecule has 0 saturated carbocycles. The molecule has 1 saturated heterocycles. The third kappa shape index (κ3) is 6.65. The van der Waals surface area contributed by atoms with Crippen molar-refractivity contribution in [3.63, 3.8) is 0 Å². The molecule has 1 amide bonds. The lowest BCUT2D eigenvalue weighted by Crippen LogP contribution is -2.44. The minimum absolute atomic E-state index is 0.0149. The molecule has 2 aliphatic rings. The molecular formula is C33H34F3N7O2. The van der Waals surface area contributed by atoms with Crippen LogP contribution in [-0.4, -0.2) is 75.3 Å². The number of likely N-dealkylation sites (N-methyl/N-ethyl adjacent to an activating group) is 1. The second-order valence-electron chi connectivity index (χ2n) is 11.8. The van der Waals surface area contributed by atoms with E-state index in [4.69, 9.17) is 4.74 Å². The van der Waals surface area contributed by atoms with Gasteiger partial charge in [-0.1, -0.05) is 19.1 Å². The maximum absolute atomic E-state index is 14.1. The number of amides is 1. The minimum Gasteiger partial charge on any atom is -0.455 e. The van der Waals surface area contributed by atoms with Gasteiger partial charge in [-0.3, -0.25) is 14.7 Å². The van der Waals surface area contributed by atoms with Crippen molar-refractivity contribution in [1.29, 1.82) is 5.26 Å². The van der Waals surface area contributed by atoms with Gasteiger partial charge in [0.1, 0.15) is 28.9 Å². The van der Waals surface area contributed by atoms with E-state index in [1.165, 1.54) is 6.07 Å². The molecular weight excluding hydrogens is 583 g/mol. The second-order valence-corrected chi connectivity index (χ2v) is 11.8. The summed E-state index contributed by atoms with van der Waals surface area (Å²) in [5.41, 5.74) is 2.50. The average Bonchev–Trinajstić information content (AvgIpc) is 3.46. The Kier molecular flexibility index (Phi) is 8.48. The highest BCUT2D eigenvalue weighted by Crippen LogP contribution is 2.36. The molecule has 2 aliphatic heterocycles. The predicted molar refractivity (Wildman–Crippen MR) is 161 cm³/mol. The van der Waals surface area contributed by atoms with Gasteiger partial charge in [-0.25, -0.2) is 4.98 Å². The Balaban J connectivity index is 1.19. The fraction of sp³-hybridized carbons (Fsp3) is 0.394. The van der Waals surface area contributed by atoms with Crippen molar-refractivity contribution in [3.05, 3.63) is 82.4 Å². The SMILES string of the molecule is CC[C@@H]1CN(C(=O)Cc2ccc(CN3CCN(C)CC3)c(C(F)(F)F)c2)Cc2cc(Oc3ccnc4[nH]c(C#N)cc34)cnc21. The molecule has 45 heavy (non-hydrogen) atoms. The number of rotatable bonds is 7. The molecule has 3 aromatic heterocycles. The molecule has 4 aromatic rings. The maximum atomic E-state index is 14.1. The standard InChI is InChI=1S/C33H34F3N7O2/c1-3-22-19-43(20-24-14-26(17-39-31(22)24)45-29-6-7-38-32-27(29)15-25(16-37)40-32)30(44)13-21-4-5-23(28(12-21)33(34,35)36)18-42-10-8-41(2)9-11-42/h4-7,12,14-15,17,22H,3,8-11,13,18-20H2,1-2H3,(H,38,40)/t22-/m1/s1. The van der Waals surface area contributed by atoms with E-state index in [0.29, 0.717) is 53.4 Å². The van der Waals surface area contributed by atoms with E-state index >= 15 is 0 Å². The number of carbonyl (C=O) groups excluding carboxylic acids is 1. The maximum Gasteiger partial charge on any atom is 0.416 e. The van der Waals surface area contributed by atoms with Crippen molar-refractivity contribution < 1.29 is 22.7 Å². The number of nitrogens with zero attached hydrogens (tertiary/aromatic N) is 6. The van der Waals surface area contributed by atoms with E-state index in [1.807, 2.05) is 24.9 Å². The number of fused-ring (bicyclic) bond motifs is 2. The van der Waals surface area contributed by atoms with Crippen LogP contribution in [0, 0.1) is 11.3 Å². The molecule has 1 atom stereocenters. The summed E-state index contributed by atoms with van der Waals surface area (Å²) < 4.78 is 48.6. The van der Waals surface area contributed by atoms with E-state index in [-0.39, 0.29) is 36.9 Å². The summed E-state index contributed by atoms with van der Waals surface area (Å²) in [7, 11) is 2.01. The van der Waals surface area contributed by atoms with E-state index in [9.17, 15) is 23.2 Å². The molecule has 0 unspecified atom stereocenters. The molecule has 1 fully saturated rings. The highest BCUT2D eigenvalue weighted by atomic mass is 19.4. The van der Waals surface area contributed by atoms with Crippen LogP contribution in [0.4, 0.5) is 13.2 Å². The van der Waals surface area contributed by atoms with Gasteiger partial charge >= 0.3 is 6.18 Å². The Morgan fingerprint density at radius 3 is 2.67 bits per heavy atom. The van der Waals surface area contributed by atoms with Gasteiger partial charge in [0.05, 0.1) is 29.3 Å². The van der Waals surface area contributed by atoms with Crippen molar-refractivity contribution in [1.82, 2.24) is 29.7 Å². The third-order valence-electron chi connectivity index (χ3n) is 8.68. The van der Waals surface area contributed by atoms with Crippen molar-refractivity contribution >= 4 is 16.9 Å². The van der Waals surface area contributed by atoms with Gasteiger partial charge in [0.2, 0.25) is 5.91 Å². The van der Waals surface area contributed by atoms with Crippen LogP contribution in [0.1, 0.15) is 52.9 Å². The van der Waals surface area contributed by atoms with Crippen LogP contribution in [0.3, 0.4) is 0 Å². The minimum atomic E-state index is -4.52. The lowest BCUT2D eigenvalue weighted by Gasteiger charge is -2.34. The molecule has 9 nitrogen and oxygen atoms in total. The lowest BCUT2D eigenvalue weighted by atomic mass is 9.92. The van der Waals surface area contributed by atoms with Crippen LogP contribution >= 0.6 is 0 Å². The summed E-state index contributed by atoms with van der Waals surface area (Å²) in [5.74, 6) is 0.721. The lowest BCUT2D eigenvalue weighted by molar-refractivity contribution is -0.138. The molecule has 1 aromatic carbocycles. The van der Waals surface area contributed by atoms with Crippen molar-refractivity contribution in [2.24, 2.45) is 0 Å². The van der Waals surface area contributed by atoms with Gasteiger partial charge in [0.15, 0.2) is 0 Å². The van der Waals surface area contributed by atoms with Gasteiger partial charge in [-0.05, 0) is 54.4 Å². The number of ether oxygens (including phenoxy) is 1. The zero-order valence-electron chi connectivity index (χ0n) is 25.2. The second kappa shape index (κ2) is 12.5. The quantitative estimate of drug-likeness (QED) is 0.294. The number of piperazine rings is 1. The zero-order chi connectivity index (χ0) is 31.7. The molecule has 0 spiro atoms. The first-order valence-electron chi connectivity index (χ1n) is 15.0. The Labute approximate surface area is 259 Å². The van der Waals surface area contributed by atoms with Crippen LogP contribution in [0.25, 0.3) is 11.0 Å². The van der Waals surface area contributed by atoms with Crippen molar-refractivity contribution in [2.45, 2.75) is 44.9 Å². The highest BCUT2D eigenvalue weighted by Gasteiger charge is 2.35. The predicted octanol–water partition coefficient (Wildman–Crippen LogP) is 5.47. The first-order valence-corrected chi connectivity index (χ1v) is 15.0. The summed E-state index contributed by atoms with van der Waals surface area (Å²) in [5, 5.41) is 9.90. The van der Waals surface area contributed by atoms with E-state index < -0.39 is 11.7 Å². The fourth-order valence-electron chi connectivity index (χ4n) is 6.13. The first-order chi connectivity index (χ1) is 21.6. The molecule has 5 heterocycles. The van der Waals surface area contributed by atoms with Gasteiger partial charge in [0, 0.05) is 57.9 Å². The highest BCUT2D eigenvalue weighted by molar-refractivity contribution is 5.84. The van der Waals surface area contributed by atoms with Gasteiger partial charge in [0.25, 0.3) is 0 Å². The zero-order valence-corrected chi connectivity index (χ0v) is 25.2. The first kappa shape index (κ1) is 30.6. The van der Waals surface area contributed by atoms with E-state index in [2.05, 4.69) is 25.9 Å². The number of hydrogen-bond acceptors (Lipinski definition) is 7. The molecule has 0 aliphatic carbocycles. The smallest absolute Gasteiger partial charge is 0.416 e. The Morgan fingerprint density at radius 2 is 1.93 bits per heavy atom. The molecule has 12 heteroatoms. The number of pyridine rings is 2. The number of alkyl halides is 3.